The van der Waals surface area contributed by atoms with Crippen LogP contribution in [0.4, 0.5) is 18.9 Å². The van der Waals surface area contributed by atoms with Gasteiger partial charge in [-0.05, 0) is 38.5 Å². The Bertz CT molecular complexity index is 470. The fourth-order valence-electron chi connectivity index (χ4n) is 1.43. The Morgan fingerprint density at radius 3 is 2.33 bits per heavy atom. The molecule has 0 fully saturated rings. The van der Waals surface area contributed by atoms with E-state index >= 15 is 0 Å². The summed E-state index contributed by atoms with van der Waals surface area (Å²) in [4.78, 5) is 0. The predicted molar refractivity (Wildman–Crippen MR) is 64.2 cm³/mol. The lowest BCUT2D eigenvalue weighted by molar-refractivity contribution is -0.137. The van der Waals surface area contributed by atoms with E-state index in [2.05, 4.69) is 5.32 Å². The van der Waals surface area contributed by atoms with Crippen LogP contribution in [0, 0.1) is 11.3 Å². The molecule has 0 aliphatic carbocycles. The molecule has 0 aromatic heterocycles. The Kier molecular flexibility index (Phi) is 3.90. The quantitative estimate of drug-likeness (QED) is 0.880. The minimum Gasteiger partial charge on any atom is -0.380 e. The van der Waals surface area contributed by atoms with Crippen LogP contribution < -0.4 is 5.32 Å². The zero-order chi connectivity index (χ0) is 14.0. The Morgan fingerprint density at radius 2 is 1.89 bits per heavy atom. The van der Waals surface area contributed by atoms with E-state index in [4.69, 9.17) is 5.26 Å². The highest BCUT2D eigenvalue weighted by Crippen LogP contribution is 2.34. The maximum atomic E-state index is 12.8. The van der Waals surface area contributed by atoms with Gasteiger partial charge in [-0.3, -0.25) is 0 Å². The number of rotatable bonds is 3. The summed E-state index contributed by atoms with van der Waals surface area (Å²) in [7, 11) is 0. The van der Waals surface area contributed by atoms with Crippen LogP contribution in [0.3, 0.4) is 0 Å². The van der Waals surface area contributed by atoms with Gasteiger partial charge in [-0.2, -0.15) is 18.4 Å². The molecule has 18 heavy (non-hydrogen) atoms. The summed E-state index contributed by atoms with van der Waals surface area (Å²) in [6.07, 6.45) is -3.74. The fraction of sp³-hybridized carbons (Fsp3) is 0.462. The van der Waals surface area contributed by atoms with Crippen molar-refractivity contribution < 1.29 is 13.2 Å². The molecule has 1 aromatic carbocycles. The first-order chi connectivity index (χ1) is 8.19. The summed E-state index contributed by atoms with van der Waals surface area (Å²) >= 11 is 0. The first-order valence-corrected chi connectivity index (χ1v) is 5.59. The van der Waals surface area contributed by atoms with Crippen molar-refractivity contribution in [2.75, 3.05) is 5.32 Å². The molecule has 2 nitrogen and oxygen atoms in total. The molecule has 0 amide bonds. The van der Waals surface area contributed by atoms with Gasteiger partial charge in [-0.1, -0.05) is 6.92 Å². The zero-order valence-electron chi connectivity index (χ0n) is 10.5. The average Bonchev–Trinajstić information content (AvgIpc) is 2.27. The summed E-state index contributed by atoms with van der Waals surface area (Å²) in [5.41, 5.74) is -1.19. The maximum Gasteiger partial charge on any atom is 0.417 e. The molecule has 98 valence electrons. The summed E-state index contributed by atoms with van der Waals surface area (Å²) < 4.78 is 38.3. The van der Waals surface area contributed by atoms with Crippen molar-refractivity contribution in [3.8, 4) is 6.07 Å². The zero-order valence-corrected chi connectivity index (χ0v) is 10.5. The van der Waals surface area contributed by atoms with Crippen LogP contribution in [0.5, 0.6) is 0 Å². The van der Waals surface area contributed by atoms with Gasteiger partial charge >= 0.3 is 6.18 Å². The van der Waals surface area contributed by atoms with E-state index in [1.54, 1.807) is 6.07 Å². The molecule has 5 heteroatoms. The normalized spacial score (nSPS) is 12.1. The van der Waals surface area contributed by atoms with Crippen molar-refractivity contribution >= 4 is 5.69 Å². The van der Waals surface area contributed by atoms with E-state index in [0.717, 1.165) is 12.5 Å². The number of nitrogens with one attached hydrogen (secondary N) is 1. The molecule has 1 N–H and O–H groups in total. The monoisotopic (exact) mass is 256 g/mol. The fourth-order valence-corrected chi connectivity index (χ4v) is 1.43. The van der Waals surface area contributed by atoms with E-state index < -0.39 is 11.7 Å². The van der Waals surface area contributed by atoms with Crippen molar-refractivity contribution in [1.82, 2.24) is 0 Å². The number of nitrogens with zero attached hydrogens (tertiary/aromatic N) is 1. The average molecular weight is 256 g/mol. The van der Waals surface area contributed by atoms with Crippen molar-refractivity contribution in [3.05, 3.63) is 29.3 Å². The molecule has 0 saturated heterocycles. The molecule has 0 aliphatic heterocycles. The van der Waals surface area contributed by atoms with E-state index in [0.29, 0.717) is 5.69 Å². The van der Waals surface area contributed by atoms with Crippen molar-refractivity contribution in [2.45, 2.75) is 38.9 Å². The number of hydrogen-bond donors (Lipinski definition) is 1. The number of nitriles is 1. The SMILES string of the molecule is CCC(C)(C)Nc1ccc(C#N)c(C(F)(F)F)c1. The van der Waals surface area contributed by atoms with Crippen LogP contribution >= 0.6 is 0 Å². The number of benzene rings is 1. The van der Waals surface area contributed by atoms with Crippen molar-refractivity contribution in [1.29, 1.82) is 5.26 Å². The second-order valence-corrected chi connectivity index (χ2v) is 4.73. The first-order valence-electron chi connectivity index (χ1n) is 5.59. The number of halogens is 3. The highest BCUT2D eigenvalue weighted by atomic mass is 19.4. The van der Waals surface area contributed by atoms with Gasteiger partial charge < -0.3 is 5.32 Å². The first kappa shape index (κ1) is 14.4. The summed E-state index contributed by atoms with van der Waals surface area (Å²) in [6.45, 7) is 5.75. The third kappa shape index (κ3) is 3.39. The number of hydrogen-bond acceptors (Lipinski definition) is 2. The molecule has 0 unspecified atom stereocenters. The van der Waals surface area contributed by atoms with E-state index in [-0.39, 0.29) is 11.1 Å². The lowest BCUT2D eigenvalue weighted by atomic mass is 10.0. The van der Waals surface area contributed by atoms with E-state index in [9.17, 15) is 13.2 Å². The van der Waals surface area contributed by atoms with Gasteiger partial charge in [0, 0.05) is 11.2 Å². The lowest BCUT2D eigenvalue weighted by Gasteiger charge is -2.26. The Balaban J connectivity index is 3.17. The third-order valence-electron chi connectivity index (χ3n) is 2.81. The molecular weight excluding hydrogens is 241 g/mol. The molecule has 1 aromatic rings. The number of alkyl halides is 3. The van der Waals surface area contributed by atoms with Gasteiger partial charge in [0.25, 0.3) is 0 Å². The summed E-state index contributed by atoms with van der Waals surface area (Å²) in [6, 6.07) is 5.22. The molecule has 0 heterocycles. The predicted octanol–water partition coefficient (Wildman–Crippen LogP) is 4.18. The van der Waals surface area contributed by atoms with Gasteiger partial charge in [0.05, 0.1) is 17.2 Å². The van der Waals surface area contributed by atoms with Crippen LogP contribution in [-0.2, 0) is 6.18 Å². The molecule has 0 saturated carbocycles. The van der Waals surface area contributed by atoms with Crippen LogP contribution in [0.1, 0.15) is 38.3 Å². The highest BCUT2D eigenvalue weighted by Gasteiger charge is 2.34. The molecule has 0 spiro atoms. The minimum absolute atomic E-state index is 0.295. The lowest BCUT2D eigenvalue weighted by Crippen LogP contribution is -2.29. The van der Waals surface area contributed by atoms with Crippen LogP contribution in [0.15, 0.2) is 18.2 Å². The van der Waals surface area contributed by atoms with Crippen LogP contribution in [0.2, 0.25) is 0 Å². The molecule has 0 bridgehead atoms. The molecule has 0 aliphatic rings. The number of anilines is 1. The highest BCUT2D eigenvalue weighted by molar-refractivity contribution is 5.54. The summed E-state index contributed by atoms with van der Waals surface area (Å²) in [5, 5.41) is 11.7. The largest absolute Gasteiger partial charge is 0.417 e. The smallest absolute Gasteiger partial charge is 0.380 e. The topological polar surface area (TPSA) is 35.8 Å². The van der Waals surface area contributed by atoms with Crippen molar-refractivity contribution in [2.24, 2.45) is 0 Å². The molecular formula is C13H15F3N2. The minimum atomic E-state index is -4.51. The van der Waals surface area contributed by atoms with Crippen LogP contribution in [-0.4, -0.2) is 5.54 Å². The van der Waals surface area contributed by atoms with Gasteiger partial charge in [-0.15, -0.1) is 0 Å². The van der Waals surface area contributed by atoms with E-state index in [1.807, 2.05) is 20.8 Å². The van der Waals surface area contributed by atoms with Gasteiger partial charge in [0.2, 0.25) is 0 Å². The van der Waals surface area contributed by atoms with E-state index in [1.165, 1.54) is 12.1 Å². The molecule has 0 radical (unpaired) electrons. The standard InChI is InChI=1S/C13H15F3N2/c1-4-12(2,3)18-10-6-5-9(8-17)11(7-10)13(14,15)16/h5-7,18H,4H2,1-3H3. The maximum absolute atomic E-state index is 12.8. The van der Waals surface area contributed by atoms with Crippen molar-refractivity contribution in [3.63, 3.8) is 0 Å². The molecule has 1 rings (SSSR count). The summed E-state index contributed by atoms with van der Waals surface area (Å²) in [5.74, 6) is 0. The van der Waals surface area contributed by atoms with Gasteiger partial charge in [0.1, 0.15) is 0 Å². The van der Waals surface area contributed by atoms with Crippen LogP contribution in [0.25, 0.3) is 0 Å². The second kappa shape index (κ2) is 4.89. The molecule has 0 atom stereocenters. The van der Waals surface area contributed by atoms with Gasteiger partial charge in [0.15, 0.2) is 0 Å². The third-order valence-corrected chi connectivity index (χ3v) is 2.81. The Hall–Kier alpha value is -1.70. The Labute approximate surface area is 104 Å². The Morgan fingerprint density at radius 1 is 1.28 bits per heavy atom. The second-order valence-electron chi connectivity index (χ2n) is 4.73. The van der Waals surface area contributed by atoms with Gasteiger partial charge in [-0.25, -0.2) is 0 Å².